The topological polar surface area (TPSA) is 91.2 Å². The van der Waals surface area contributed by atoms with Crippen LogP contribution in [-0.2, 0) is 16.1 Å². The maximum atomic E-state index is 13.2. The van der Waals surface area contributed by atoms with E-state index in [1.807, 2.05) is 0 Å². The number of rotatable bonds is 5. The highest BCUT2D eigenvalue weighted by Crippen LogP contribution is 2.18. The van der Waals surface area contributed by atoms with Gasteiger partial charge in [-0.3, -0.25) is 4.79 Å². The van der Waals surface area contributed by atoms with Crippen LogP contribution >= 0.6 is 0 Å². The van der Waals surface area contributed by atoms with E-state index in [2.05, 4.69) is 20.8 Å². The molecule has 1 aliphatic heterocycles. The first-order valence-corrected chi connectivity index (χ1v) is 7.21. The number of halogens is 1. The Balaban J connectivity index is 1.60. The zero-order valence-corrected chi connectivity index (χ0v) is 12.3. The van der Waals surface area contributed by atoms with Crippen LogP contribution in [0.4, 0.5) is 4.39 Å². The quantitative estimate of drug-likeness (QED) is 0.844. The molecule has 2 aromatic rings. The van der Waals surface area contributed by atoms with Crippen molar-refractivity contribution in [2.45, 2.75) is 25.1 Å². The maximum absolute atomic E-state index is 13.2. The Labute approximate surface area is 131 Å². The summed E-state index contributed by atoms with van der Waals surface area (Å²) in [6, 6.07) is 5.65. The molecule has 0 unspecified atom stereocenters. The standard InChI is InChI=1S/C14H16FN5O3/c15-10-2-1-3-11(6-10)23-13-8-22-5-4-12(13)17-14(21)7-20-9-16-18-19-20/h1-3,6,9,12-13H,4-5,7-8H2,(H,17,21)/t12-,13-/m1/s1. The molecule has 0 bridgehead atoms. The van der Waals surface area contributed by atoms with Crippen molar-refractivity contribution in [3.8, 4) is 5.75 Å². The molecule has 0 spiro atoms. The number of carbonyl (C=O) groups excluding carboxylic acids is 1. The number of ether oxygens (including phenoxy) is 2. The number of carbonyl (C=O) groups is 1. The fourth-order valence-electron chi connectivity index (χ4n) is 2.36. The molecule has 23 heavy (non-hydrogen) atoms. The van der Waals surface area contributed by atoms with E-state index in [4.69, 9.17) is 9.47 Å². The molecule has 1 aromatic carbocycles. The number of hydrogen-bond acceptors (Lipinski definition) is 6. The lowest BCUT2D eigenvalue weighted by atomic mass is 10.1. The fourth-order valence-corrected chi connectivity index (χ4v) is 2.36. The van der Waals surface area contributed by atoms with E-state index in [1.165, 1.54) is 23.1 Å². The molecule has 1 aromatic heterocycles. The van der Waals surface area contributed by atoms with E-state index in [1.54, 1.807) is 12.1 Å². The number of nitrogens with zero attached hydrogens (tertiary/aromatic N) is 4. The van der Waals surface area contributed by atoms with Crippen molar-refractivity contribution >= 4 is 5.91 Å². The van der Waals surface area contributed by atoms with Gasteiger partial charge in [0.25, 0.3) is 0 Å². The molecule has 122 valence electrons. The van der Waals surface area contributed by atoms with Gasteiger partial charge in [0.1, 0.15) is 30.5 Å². The van der Waals surface area contributed by atoms with Crippen molar-refractivity contribution in [1.82, 2.24) is 25.5 Å². The molecule has 1 saturated heterocycles. The summed E-state index contributed by atoms with van der Waals surface area (Å²) in [4.78, 5) is 12.0. The minimum atomic E-state index is -0.386. The Morgan fingerprint density at radius 1 is 1.52 bits per heavy atom. The molecule has 0 radical (unpaired) electrons. The van der Waals surface area contributed by atoms with Gasteiger partial charge in [0.2, 0.25) is 5.91 Å². The van der Waals surface area contributed by atoms with Crippen LogP contribution < -0.4 is 10.1 Å². The Morgan fingerprint density at radius 2 is 2.43 bits per heavy atom. The van der Waals surface area contributed by atoms with E-state index < -0.39 is 0 Å². The Hall–Kier alpha value is -2.55. The molecule has 9 heteroatoms. The highest BCUT2D eigenvalue weighted by Gasteiger charge is 2.29. The molecule has 1 fully saturated rings. The average molecular weight is 321 g/mol. The molecule has 3 rings (SSSR count). The Morgan fingerprint density at radius 3 is 3.22 bits per heavy atom. The third kappa shape index (κ3) is 4.22. The van der Waals surface area contributed by atoms with Crippen molar-refractivity contribution in [1.29, 1.82) is 0 Å². The number of aromatic nitrogens is 4. The minimum Gasteiger partial charge on any atom is -0.486 e. The monoisotopic (exact) mass is 321 g/mol. The molecule has 1 N–H and O–H groups in total. The summed E-state index contributed by atoms with van der Waals surface area (Å²) in [7, 11) is 0. The summed E-state index contributed by atoms with van der Waals surface area (Å²) in [6.07, 6.45) is 1.59. The molecular formula is C14H16FN5O3. The van der Waals surface area contributed by atoms with E-state index in [-0.39, 0.29) is 30.4 Å². The third-order valence-electron chi connectivity index (χ3n) is 3.43. The lowest BCUT2D eigenvalue weighted by Gasteiger charge is -2.32. The van der Waals surface area contributed by atoms with Gasteiger partial charge in [0.15, 0.2) is 0 Å². The second kappa shape index (κ2) is 7.14. The van der Waals surface area contributed by atoms with Crippen molar-refractivity contribution in [3.63, 3.8) is 0 Å². The predicted octanol–water partition coefficient (Wildman–Crippen LogP) is 0.165. The van der Waals surface area contributed by atoms with Gasteiger partial charge in [0.05, 0.1) is 12.6 Å². The van der Waals surface area contributed by atoms with Gasteiger partial charge < -0.3 is 14.8 Å². The summed E-state index contributed by atoms with van der Waals surface area (Å²) >= 11 is 0. The lowest BCUT2D eigenvalue weighted by Crippen LogP contribution is -2.52. The van der Waals surface area contributed by atoms with Gasteiger partial charge in [-0.15, -0.1) is 5.10 Å². The normalized spacial score (nSPS) is 20.9. The van der Waals surface area contributed by atoms with Crippen LogP contribution in [0.2, 0.25) is 0 Å². The summed E-state index contributed by atoms with van der Waals surface area (Å²) in [5, 5.41) is 13.5. The van der Waals surface area contributed by atoms with Crippen molar-refractivity contribution in [2.24, 2.45) is 0 Å². The highest BCUT2D eigenvalue weighted by atomic mass is 19.1. The second-order valence-corrected chi connectivity index (χ2v) is 5.16. The van der Waals surface area contributed by atoms with Crippen LogP contribution in [-0.4, -0.2) is 51.5 Å². The van der Waals surface area contributed by atoms with Crippen LogP contribution in [0.5, 0.6) is 5.75 Å². The number of hydrogen-bond donors (Lipinski definition) is 1. The van der Waals surface area contributed by atoms with Gasteiger partial charge in [-0.25, -0.2) is 9.07 Å². The predicted molar refractivity (Wildman–Crippen MR) is 76.0 cm³/mol. The van der Waals surface area contributed by atoms with Gasteiger partial charge in [0, 0.05) is 12.7 Å². The van der Waals surface area contributed by atoms with Crippen LogP contribution in [0.3, 0.4) is 0 Å². The fraction of sp³-hybridized carbons (Fsp3) is 0.429. The number of amides is 1. The highest BCUT2D eigenvalue weighted by molar-refractivity contribution is 5.76. The summed E-state index contributed by atoms with van der Waals surface area (Å²) in [5.74, 6) is -0.198. The van der Waals surface area contributed by atoms with E-state index in [9.17, 15) is 9.18 Å². The Kier molecular flexibility index (Phi) is 4.77. The summed E-state index contributed by atoms with van der Waals surface area (Å²) < 4.78 is 25.7. The van der Waals surface area contributed by atoms with Crippen LogP contribution in [0, 0.1) is 5.82 Å². The second-order valence-electron chi connectivity index (χ2n) is 5.16. The summed E-state index contributed by atoms with van der Waals surface area (Å²) in [5.41, 5.74) is 0. The number of benzene rings is 1. The molecule has 1 aliphatic rings. The van der Waals surface area contributed by atoms with Crippen LogP contribution in [0.1, 0.15) is 6.42 Å². The zero-order chi connectivity index (χ0) is 16.1. The molecule has 0 aliphatic carbocycles. The van der Waals surface area contributed by atoms with Gasteiger partial charge in [-0.05, 0) is 29.0 Å². The van der Waals surface area contributed by atoms with Gasteiger partial charge in [-0.2, -0.15) is 0 Å². The molecule has 2 heterocycles. The molecule has 0 saturated carbocycles. The van der Waals surface area contributed by atoms with E-state index in [0.29, 0.717) is 25.4 Å². The average Bonchev–Trinajstić information content (AvgIpc) is 3.02. The smallest absolute Gasteiger partial charge is 0.242 e. The third-order valence-corrected chi connectivity index (χ3v) is 3.43. The maximum Gasteiger partial charge on any atom is 0.242 e. The van der Waals surface area contributed by atoms with E-state index >= 15 is 0 Å². The molecule has 8 nitrogen and oxygen atoms in total. The molecular weight excluding hydrogens is 305 g/mol. The van der Waals surface area contributed by atoms with Crippen LogP contribution in [0.25, 0.3) is 0 Å². The first-order chi connectivity index (χ1) is 11.2. The summed E-state index contributed by atoms with van der Waals surface area (Å²) in [6.45, 7) is 0.877. The first-order valence-electron chi connectivity index (χ1n) is 7.21. The zero-order valence-electron chi connectivity index (χ0n) is 12.3. The van der Waals surface area contributed by atoms with Gasteiger partial charge >= 0.3 is 0 Å². The largest absolute Gasteiger partial charge is 0.486 e. The Bertz CT molecular complexity index is 652. The van der Waals surface area contributed by atoms with Crippen molar-refractivity contribution in [2.75, 3.05) is 13.2 Å². The van der Waals surface area contributed by atoms with Crippen molar-refractivity contribution in [3.05, 3.63) is 36.4 Å². The lowest BCUT2D eigenvalue weighted by molar-refractivity contribution is -0.124. The number of nitrogens with one attached hydrogen (secondary N) is 1. The SMILES string of the molecule is O=C(Cn1cnnn1)N[C@@H]1CCOC[C@H]1Oc1cccc(F)c1. The molecule has 2 atom stereocenters. The van der Waals surface area contributed by atoms with Crippen molar-refractivity contribution < 1.29 is 18.7 Å². The van der Waals surface area contributed by atoms with Gasteiger partial charge in [-0.1, -0.05) is 6.07 Å². The van der Waals surface area contributed by atoms with E-state index in [0.717, 1.165) is 0 Å². The minimum absolute atomic E-state index is 0.0248. The van der Waals surface area contributed by atoms with Crippen LogP contribution in [0.15, 0.2) is 30.6 Å². The molecule has 1 amide bonds. The first kappa shape index (κ1) is 15.3. The number of tetrazole rings is 1.